The number of ether oxygens (including phenoxy) is 1. The van der Waals surface area contributed by atoms with Gasteiger partial charge in [-0.25, -0.2) is 18.9 Å². The smallest absolute Gasteiger partial charge is 0.333 e. The number of likely N-dealkylation sites (N-methyl/N-ethyl adjacent to an activating group) is 2. The highest BCUT2D eigenvalue weighted by Crippen LogP contribution is 2.39. The van der Waals surface area contributed by atoms with E-state index in [0.29, 0.717) is 46.7 Å². The Morgan fingerprint density at radius 1 is 1.29 bits per heavy atom. The Kier molecular flexibility index (Phi) is 7.06. The van der Waals surface area contributed by atoms with Crippen LogP contribution in [0.25, 0.3) is 11.1 Å². The van der Waals surface area contributed by atoms with Crippen LogP contribution in [0, 0.1) is 5.82 Å². The Bertz CT molecular complexity index is 1190. The first kappa shape index (κ1) is 24.4. The number of pyridine rings is 1. The highest BCUT2D eigenvalue weighted by atomic mass is 32.2. The van der Waals surface area contributed by atoms with Crippen molar-refractivity contribution in [2.24, 2.45) is 0 Å². The molecular weight excluding hydrogens is 461 g/mol. The zero-order valence-corrected chi connectivity index (χ0v) is 20.4. The summed E-state index contributed by atoms with van der Waals surface area (Å²) in [7, 11) is 0.830. The summed E-state index contributed by atoms with van der Waals surface area (Å²) in [5.41, 5.74) is 2.66. The minimum absolute atomic E-state index is 0.110. The summed E-state index contributed by atoms with van der Waals surface area (Å²) in [5.74, 6) is -0.00725. The van der Waals surface area contributed by atoms with Crippen molar-refractivity contribution in [1.82, 2.24) is 18.9 Å². The van der Waals surface area contributed by atoms with E-state index in [-0.39, 0.29) is 18.4 Å². The van der Waals surface area contributed by atoms with Gasteiger partial charge in [-0.05, 0) is 74.5 Å². The summed E-state index contributed by atoms with van der Waals surface area (Å²) >= 11 is 0. The number of benzene rings is 1. The summed E-state index contributed by atoms with van der Waals surface area (Å²) in [5, 5.41) is 2.69. The van der Waals surface area contributed by atoms with Gasteiger partial charge in [0.05, 0.1) is 12.8 Å². The van der Waals surface area contributed by atoms with Crippen LogP contribution < -0.4 is 14.8 Å². The summed E-state index contributed by atoms with van der Waals surface area (Å²) in [6, 6.07) is 3.91. The number of nitrogens with one attached hydrogen (secondary N) is 2. The number of carbonyl (C=O) groups is 1. The number of likely N-dealkylation sites (tertiary alicyclic amines) is 1. The van der Waals surface area contributed by atoms with Crippen LogP contribution >= 0.6 is 0 Å². The number of anilines is 1. The van der Waals surface area contributed by atoms with E-state index < -0.39 is 16.2 Å². The van der Waals surface area contributed by atoms with E-state index in [9.17, 15) is 17.6 Å². The number of carbonyl (C=O) groups excluding carboxylic acids is 1. The topological polar surface area (TPSA) is 104 Å². The number of halogens is 1. The van der Waals surface area contributed by atoms with Crippen LogP contribution in [0.4, 0.5) is 14.9 Å². The second-order valence-electron chi connectivity index (χ2n) is 8.80. The monoisotopic (exact) mass is 491 g/mol. The van der Waals surface area contributed by atoms with Crippen LogP contribution in [0.15, 0.2) is 24.4 Å². The molecule has 34 heavy (non-hydrogen) atoms. The van der Waals surface area contributed by atoms with Crippen LogP contribution in [0.2, 0.25) is 0 Å². The highest BCUT2D eigenvalue weighted by molar-refractivity contribution is 7.87. The lowest BCUT2D eigenvalue weighted by atomic mass is 9.97. The first-order chi connectivity index (χ1) is 16.2. The second kappa shape index (κ2) is 9.85. The van der Waals surface area contributed by atoms with Crippen molar-refractivity contribution in [3.05, 3.63) is 41.3 Å². The molecule has 0 spiro atoms. The summed E-state index contributed by atoms with van der Waals surface area (Å²) in [6.45, 7) is 1.21. The molecule has 2 amide bonds. The Morgan fingerprint density at radius 2 is 2.06 bits per heavy atom. The van der Waals surface area contributed by atoms with E-state index in [2.05, 4.69) is 19.9 Å². The van der Waals surface area contributed by atoms with Crippen molar-refractivity contribution >= 4 is 21.9 Å². The van der Waals surface area contributed by atoms with Gasteiger partial charge in [-0.2, -0.15) is 12.7 Å². The quantitative estimate of drug-likeness (QED) is 0.617. The molecule has 2 heterocycles. The lowest BCUT2D eigenvalue weighted by Gasteiger charge is -2.25. The van der Waals surface area contributed by atoms with Crippen molar-refractivity contribution in [2.75, 3.05) is 39.6 Å². The van der Waals surface area contributed by atoms with Crippen molar-refractivity contribution < 1.29 is 22.3 Å². The molecule has 1 unspecified atom stereocenters. The minimum atomic E-state index is -4.06. The first-order valence-electron chi connectivity index (χ1n) is 11.3. The Morgan fingerprint density at radius 3 is 2.76 bits per heavy atom. The Hall–Kier alpha value is -2.76. The number of rotatable bonds is 7. The van der Waals surface area contributed by atoms with E-state index in [1.807, 2.05) is 7.05 Å². The lowest BCUT2D eigenvalue weighted by molar-refractivity contribution is 0.253. The normalized spacial score (nSPS) is 18.2. The molecule has 1 aliphatic carbocycles. The number of aromatic nitrogens is 1. The molecular formula is C23H30FN5O4S. The maximum Gasteiger partial charge on any atom is 0.333 e. The number of amides is 2. The molecule has 2 aliphatic rings. The number of hydrogen-bond donors (Lipinski definition) is 2. The zero-order chi connectivity index (χ0) is 24.5. The van der Waals surface area contributed by atoms with Gasteiger partial charge in [0, 0.05) is 37.5 Å². The van der Waals surface area contributed by atoms with Crippen LogP contribution in [0.3, 0.4) is 0 Å². The first-order valence-corrected chi connectivity index (χ1v) is 12.7. The third-order valence-electron chi connectivity index (χ3n) is 6.61. The average Bonchev–Trinajstić information content (AvgIpc) is 3.45. The fourth-order valence-corrected chi connectivity index (χ4v) is 5.54. The maximum atomic E-state index is 14.9. The van der Waals surface area contributed by atoms with Crippen LogP contribution in [0.1, 0.15) is 30.4 Å². The number of hydrogen-bond acceptors (Lipinski definition) is 6. The molecule has 9 nitrogen and oxygen atoms in total. The van der Waals surface area contributed by atoms with Gasteiger partial charge in [-0.1, -0.05) is 0 Å². The van der Waals surface area contributed by atoms with E-state index in [1.165, 1.54) is 26.4 Å². The lowest BCUT2D eigenvalue weighted by Crippen LogP contribution is -2.47. The molecule has 0 bridgehead atoms. The van der Waals surface area contributed by atoms with Crippen molar-refractivity contribution in [3.63, 3.8) is 0 Å². The van der Waals surface area contributed by atoms with Gasteiger partial charge in [-0.15, -0.1) is 0 Å². The molecule has 1 fully saturated rings. The summed E-state index contributed by atoms with van der Waals surface area (Å²) < 4.78 is 48.9. The van der Waals surface area contributed by atoms with Crippen molar-refractivity contribution in [3.8, 4) is 17.0 Å². The van der Waals surface area contributed by atoms with E-state index in [4.69, 9.17) is 4.74 Å². The number of urea groups is 1. The second-order valence-corrected chi connectivity index (χ2v) is 10.6. The van der Waals surface area contributed by atoms with Gasteiger partial charge in [0.1, 0.15) is 5.82 Å². The minimum Gasteiger partial charge on any atom is -0.481 e. The number of fused-ring (bicyclic) bond motifs is 1. The molecule has 11 heteroatoms. The molecule has 184 valence electrons. The SMILES string of the molecule is COc1cc(-c2cc(F)c3c(c2NC(=O)NS(=O)(=O)N(C)CC2CCCN2C)CCC3)ccn1. The molecule has 2 N–H and O–H groups in total. The van der Waals surface area contributed by atoms with Gasteiger partial charge in [0.25, 0.3) is 0 Å². The fraction of sp³-hybridized carbons (Fsp3) is 0.478. The molecule has 2 aromatic rings. The zero-order valence-electron chi connectivity index (χ0n) is 19.6. The van der Waals surface area contributed by atoms with Crippen molar-refractivity contribution in [1.29, 1.82) is 0 Å². The van der Waals surface area contributed by atoms with Gasteiger partial charge in [0.2, 0.25) is 5.88 Å². The largest absolute Gasteiger partial charge is 0.481 e. The molecule has 4 rings (SSSR count). The van der Waals surface area contributed by atoms with E-state index in [0.717, 1.165) is 30.1 Å². The predicted octanol–water partition coefficient (Wildman–Crippen LogP) is 2.78. The maximum absolute atomic E-state index is 14.9. The molecule has 0 saturated carbocycles. The molecule has 1 aromatic heterocycles. The highest BCUT2D eigenvalue weighted by Gasteiger charge is 2.29. The average molecular weight is 492 g/mol. The molecule has 1 aliphatic heterocycles. The van der Waals surface area contributed by atoms with Gasteiger partial charge >= 0.3 is 16.2 Å². The Balaban J connectivity index is 1.59. The summed E-state index contributed by atoms with van der Waals surface area (Å²) in [6.07, 6.45) is 5.35. The van der Waals surface area contributed by atoms with Crippen LogP contribution in [0.5, 0.6) is 5.88 Å². The van der Waals surface area contributed by atoms with Gasteiger partial charge < -0.3 is 15.0 Å². The van der Waals surface area contributed by atoms with Gasteiger partial charge in [-0.3, -0.25) is 0 Å². The third kappa shape index (κ3) is 5.01. The van der Waals surface area contributed by atoms with Crippen LogP contribution in [-0.4, -0.2) is 69.0 Å². The Labute approximate surface area is 199 Å². The molecule has 0 radical (unpaired) electrons. The van der Waals surface area contributed by atoms with E-state index in [1.54, 1.807) is 12.1 Å². The molecule has 1 saturated heterocycles. The fourth-order valence-electron chi connectivity index (χ4n) is 4.73. The van der Waals surface area contributed by atoms with Crippen molar-refractivity contribution in [2.45, 2.75) is 38.1 Å². The van der Waals surface area contributed by atoms with E-state index >= 15 is 0 Å². The number of nitrogens with zero attached hydrogens (tertiary/aromatic N) is 3. The predicted molar refractivity (Wildman–Crippen MR) is 128 cm³/mol. The molecule has 1 atom stereocenters. The van der Waals surface area contributed by atoms with Crippen LogP contribution in [-0.2, 0) is 23.1 Å². The standard InChI is InChI=1S/C23H30FN5O4S/c1-28-11-5-6-16(28)14-29(2)34(31,32)27-23(30)26-22-18-8-4-7-17(18)20(24)13-19(22)15-9-10-25-21(12-15)33-3/h9-10,12-13,16H,4-8,11,14H2,1-3H3,(H2,26,27,30). The third-order valence-corrected chi connectivity index (χ3v) is 8.03. The molecule has 1 aromatic carbocycles. The van der Waals surface area contributed by atoms with Gasteiger partial charge in [0.15, 0.2) is 0 Å². The number of methoxy groups -OCH3 is 1. The summed E-state index contributed by atoms with van der Waals surface area (Å²) in [4.78, 5) is 19.1.